The van der Waals surface area contributed by atoms with Gasteiger partial charge in [0.2, 0.25) is 0 Å². The van der Waals surface area contributed by atoms with Gasteiger partial charge in [-0.3, -0.25) is 9.48 Å². The van der Waals surface area contributed by atoms with Crippen molar-refractivity contribution < 1.29 is 4.79 Å². The van der Waals surface area contributed by atoms with Crippen molar-refractivity contribution in [3.8, 4) is 6.07 Å². The van der Waals surface area contributed by atoms with E-state index in [0.29, 0.717) is 6.54 Å². The average Bonchev–Trinajstić information content (AvgIpc) is 3.21. The van der Waals surface area contributed by atoms with E-state index in [9.17, 15) is 10.1 Å². The van der Waals surface area contributed by atoms with E-state index in [2.05, 4.69) is 35.0 Å². The molecule has 4 nitrogen and oxygen atoms in total. The maximum Gasteiger partial charge on any atom is 0.176 e. The molecule has 0 bridgehead atoms. The Bertz CT molecular complexity index is 1170. The third-order valence-corrected chi connectivity index (χ3v) is 6.82. The number of aryl methyl sites for hydroxylation is 1. The van der Waals surface area contributed by atoms with Gasteiger partial charge in [-0.15, -0.1) is 0 Å². The first kappa shape index (κ1) is 18.6. The van der Waals surface area contributed by atoms with E-state index in [1.807, 2.05) is 55.6 Å². The molecule has 1 aromatic heterocycles. The van der Waals surface area contributed by atoms with Crippen LogP contribution in [-0.2, 0) is 23.2 Å². The first-order chi connectivity index (χ1) is 14.6. The lowest BCUT2D eigenvalue weighted by atomic mass is 9.54. The lowest BCUT2D eigenvalue weighted by Crippen LogP contribution is -2.49. The van der Waals surface area contributed by atoms with E-state index in [1.54, 1.807) is 0 Å². The lowest BCUT2D eigenvalue weighted by Gasteiger charge is -2.48. The van der Waals surface area contributed by atoms with Crippen LogP contribution in [-0.4, -0.2) is 15.6 Å². The monoisotopic (exact) mass is 393 g/mol. The van der Waals surface area contributed by atoms with Gasteiger partial charge in [-0.1, -0.05) is 67.6 Å². The van der Waals surface area contributed by atoms with Crippen molar-refractivity contribution in [1.29, 1.82) is 5.26 Å². The first-order valence-corrected chi connectivity index (χ1v) is 10.5. The Morgan fingerprint density at radius 2 is 1.83 bits per heavy atom. The van der Waals surface area contributed by atoms with E-state index in [0.717, 1.165) is 24.1 Å². The van der Waals surface area contributed by atoms with Crippen molar-refractivity contribution >= 4 is 5.78 Å². The number of nitrogens with zero attached hydrogens (tertiary/aromatic N) is 3. The Labute approximate surface area is 176 Å². The molecule has 3 aromatic rings. The summed E-state index contributed by atoms with van der Waals surface area (Å²) in [6.07, 6.45) is 5.72. The standard InChI is InChI=1S/C26H23N3O/c1-18-23-13-12-20-16-28-29(17-19-8-4-2-5-9-19)25(20)26(23,14-21(15-27)24(18)30)22-10-6-3-7-11-22/h2-11,14,16,18,23H,12-13,17H2,1H3/t18-,23-,26+/m0/s1. The summed E-state index contributed by atoms with van der Waals surface area (Å²) in [6, 6.07) is 22.8. The molecule has 0 fully saturated rings. The average molecular weight is 393 g/mol. The van der Waals surface area contributed by atoms with Crippen LogP contribution in [0.2, 0.25) is 0 Å². The highest BCUT2D eigenvalue weighted by Crippen LogP contribution is 2.53. The number of carbonyl (C=O) groups is 1. The molecule has 4 heteroatoms. The highest BCUT2D eigenvalue weighted by atomic mass is 16.1. The molecule has 0 radical (unpaired) electrons. The van der Waals surface area contributed by atoms with Gasteiger partial charge in [0.25, 0.3) is 0 Å². The number of hydrogen-bond acceptors (Lipinski definition) is 3. The zero-order valence-electron chi connectivity index (χ0n) is 17.0. The number of benzene rings is 2. The summed E-state index contributed by atoms with van der Waals surface area (Å²) < 4.78 is 2.08. The third kappa shape index (κ3) is 2.66. The molecule has 3 atom stereocenters. The summed E-state index contributed by atoms with van der Waals surface area (Å²) in [6.45, 7) is 2.65. The van der Waals surface area contributed by atoms with E-state index >= 15 is 0 Å². The molecule has 0 aliphatic heterocycles. The largest absolute Gasteiger partial charge is 0.293 e. The molecule has 2 aromatic carbocycles. The number of Topliss-reactive ketones (excluding diaryl/α,β-unsaturated/α-hetero) is 1. The molecule has 0 unspecified atom stereocenters. The number of hydrogen-bond donors (Lipinski definition) is 0. The van der Waals surface area contributed by atoms with Gasteiger partial charge < -0.3 is 0 Å². The fraction of sp³-hybridized carbons (Fsp3) is 0.269. The molecule has 30 heavy (non-hydrogen) atoms. The highest BCUT2D eigenvalue weighted by molar-refractivity contribution is 6.02. The van der Waals surface area contributed by atoms with Gasteiger partial charge in [-0.05, 0) is 41.5 Å². The predicted octanol–water partition coefficient (Wildman–Crippen LogP) is 4.45. The molecular weight excluding hydrogens is 370 g/mol. The molecule has 1 heterocycles. The quantitative estimate of drug-likeness (QED) is 0.661. The van der Waals surface area contributed by atoms with Gasteiger partial charge >= 0.3 is 0 Å². The molecule has 0 spiro atoms. The third-order valence-electron chi connectivity index (χ3n) is 6.82. The molecule has 2 aliphatic carbocycles. The van der Waals surface area contributed by atoms with Crippen molar-refractivity contribution in [3.63, 3.8) is 0 Å². The van der Waals surface area contributed by atoms with Crippen molar-refractivity contribution in [2.45, 2.75) is 31.7 Å². The zero-order chi connectivity index (χ0) is 20.7. The first-order valence-electron chi connectivity index (χ1n) is 10.5. The maximum atomic E-state index is 12.9. The number of rotatable bonds is 3. The Kier molecular flexibility index (Phi) is 4.40. The molecule has 0 amide bonds. The maximum absolute atomic E-state index is 12.9. The van der Waals surface area contributed by atoms with Gasteiger partial charge in [0.05, 0.1) is 29.4 Å². The van der Waals surface area contributed by atoms with E-state index < -0.39 is 5.41 Å². The summed E-state index contributed by atoms with van der Waals surface area (Å²) in [5, 5.41) is 14.5. The minimum absolute atomic E-state index is 0.0355. The molecule has 0 saturated carbocycles. The van der Waals surface area contributed by atoms with Crippen LogP contribution in [0.5, 0.6) is 0 Å². The number of allylic oxidation sites excluding steroid dienone is 2. The molecule has 5 rings (SSSR count). The molecular formula is C26H23N3O. The van der Waals surface area contributed by atoms with Crippen LogP contribution in [0.1, 0.15) is 35.7 Å². The van der Waals surface area contributed by atoms with Crippen molar-refractivity contribution in [1.82, 2.24) is 9.78 Å². The van der Waals surface area contributed by atoms with Crippen LogP contribution in [0.3, 0.4) is 0 Å². The second kappa shape index (κ2) is 7.11. The fourth-order valence-corrected chi connectivity index (χ4v) is 5.46. The normalized spacial score (nSPS) is 25.1. The predicted molar refractivity (Wildman–Crippen MR) is 115 cm³/mol. The Balaban J connectivity index is 1.79. The summed E-state index contributed by atoms with van der Waals surface area (Å²) >= 11 is 0. The van der Waals surface area contributed by atoms with Crippen LogP contribution in [0, 0.1) is 23.2 Å². The van der Waals surface area contributed by atoms with Gasteiger partial charge in [0.15, 0.2) is 5.78 Å². The minimum Gasteiger partial charge on any atom is -0.293 e. The molecule has 2 aliphatic rings. The van der Waals surface area contributed by atoms with Crippen LogP contribution in [0.15, 0.2) is 78.5 Å². The van der Waals surface area contributed by atoms with E-state index in [4.69, 9.17) is 5.10 Å². The fourth-order valence-electron chi connectivity index (χ4n) is 5.46. The minimum atomic E-state index is -0.529. The Morgan fingerprint density at radius 1 is 1.13 bits per heavy atom. The van der Waals surface area contributed by atoms with Crippen LogP contribution in [0.25, 0.3) is 0 Å². The number of nitriles is 1. The van der Waals surface area contributed by atoms with Crippen LogP contribution in [0.4, 0.5) is 0 Å². The van der Waals surface area contributed by atoms with Gasteiger partial charge in [-0.2, -0.15) is 10.4 Å². The van der Waals surface area contributed by atoms with Gasteiger partial charge in [-0.25, -0.2) is 0 Å². The second-order valence-corrected chi connectivity index (χ2v) is 8.36. The Hall–Kier alpha value is -3.45. The van der Waals surface area contributed by atoms with Crippen molar-refractivity contribution in [2.75, 3.05) is 0 Å². The van der Waals surface area contributed by atoms with Crippen molar-refractivity contribution in [3.05, 3.63) is 101 Å². The lowest BCUT2D eigenvalue weighted by molar-refractivity contribution is -0.121. The summed E-state index contributed by atoms with van der Waals surface area (Å²) in [4.78, 5) is 12.9. The summed E-state index contributed by atoms with van der Waals surface area (Å²) in [5.41, 5.74) is 4.37. The van der Waals surface area contributed by atoms with Crippen LogP contribution < -0.4 is 0 Å². The van der Waals surface area contributed by atoms with Gasteiger partial charge in [0.1, 0.15) is 6.07 Å². The summed E-state index contributed by atoms with van der Waals surface area (Å²) in [5.74, 6) is -0.145. The van der Waals surface area contributed by atoms with Crippen LogP contribution >= 0.6 is 0 Å². The number of carbonyl (C=O) groups excluding carboxylic acids is 1. The topological polar surface area (TPSA) is 58.7 Å². The molecule has 148 valence electrons. The van der Waals surface area contributed by atoms with Gasteiger partial charge in [0, 0.05) is 5.92 Å². The molecule has 0 saturated heterocycles. The number of fused-ring (bicyclic) bond motifs is 3. The molecule has 0 N–H and O–H groups in total. The van der Waals surface area contributed by atoms with E-state index in [1.165, 1.54) is 11.1 Å². The number of aromatic nitrogens is 2. The van der Waals surface area contributed by atoms with Crippen molar-refractivity contribution in [2.24, 2.45) is 11.8 Å². The zero-order valence-corrected chi connectivity index (χ0v) is 17.0. The highest BCUT2D eigenvalue weighted by Gasteiger charge is 2.53. The summed E-state index contributed by atoms with van der Waals surface area (Å²) in [7, 11) is 0. The second-order valence-electron chi connectivity index (χ2n) is 8.36. The smallest absolute Gasteiger partial charge is 0.176 e. The Morgan fingerprint density at radius 3 is 2.53 bits per heavy atom. The van der Waals surface area contributed by atoms with E-state index in [-0.39, 0.29) is 23.2 Å². The SMILES string of the molecule is C[C@@H]1C(=O)C(C#N)=C[C@]2(c3ccccc3)c3c(cnn3Cc3ccccc3)CC[C@@H]12. The number of ketones is 1.